The van der Waals surface area contributed by atoms with Crippen LogP contribution in [0.3, 0.4) is 0 Å². The third kappa shape index (κ3) is 1.55. The van der Waals surface area contributed by atoms with E-state index >= 15 is 0 Å². The number of thiophene rings is 1. The molecule has 0 unspecified atom stereocenters. The first kappa shape index (κ1) is 8.26. The Morgan fingerprint density at radius 3 is 2.54 bits per heavy atom. The number of pyridine rings is 1. The summed E-state index contributed by atoms with van der Waals surface area (Å²) >= 11 is 1.62. The first-order valence-electron chi connectivity index (χ1n) is 4.03. The van der Waals surface area contributed by atoms with Crippen molar-refractivity contribution in [1.82, 2.24) is 4.98 Å². The molecule has 0 fully saturated rings. The minimum Gasteiger partial charge on any atom is -0.391 e. The summed E-state index contributed by atoms with van der Waals surface area (Å²) in [6.07, 6.45) is 3.59. The van der Waals surface area contributed by atoms with E-state index in [1.54, 1.807) is 23.7 Å². The molecule has 2 heterocycles. The van der Waals surface area contributed by atoms with Crippen molar-refractivity contribution in [2.24, 2.45) is 0 Å². The van der Waals surface area contributed by atoms with Gasteiger partial charge >= 0.3 is 0 Å². The zero-order chi connectivity index (χ0) is 9.26. The normalized spacial score (nSPS) is 10.2. The molecule has 2 aromatic rings. The molecular weight excluding hydrogens is 180 g/mol. The van der Waals surface area contributed by atoms with Crippen LogP contribution < -0.4 is 5.73 Å². The van der Waals surface area contributed by atoms with Gasteiger partial charge in [-0.25, -0.2) is 0 Å². The Kier molecular flexibility index (Phi) is 2.02. The van der Waals surface area contributed by atoms with E-state index in [1.165, 1.54) is 16.0 Å². The third-order valence-electron chi connectivity index (χ3n) is 1.88. The molecule has 0 amide bonds. The van der Waals surface area contributed by atoms with Crippen molar-refractivity contribution in [3.63, 3.8) is 0 Å². The second kappa shape index (κ2) is 3.18. The zero-order valence-corrected chi connectivity index (χ0v) is 8.14. The van der Waals surface area contributed by atoms with E-state index in [2.05, 4.69) is 11.9 Å². The molecule has 0 aliphatic heterocycles. The van der Waals surface area contributed by atoms with E-state index in [-0.39, 0.29) is 0 Å². The van der Waals surface area contributed by atoms with E-state index in [1.807, 2.05) is 18.2 Å². The zero-order valence-electron chi connectivity index (χ0n) is 7.32. The van der Waals surface area contributed by atoms with Crippen LogP contribution in [-0.4, -0.2) is 4.98 Å². The molecule has 0 radical (unpaired) electrons. The van der Waals surface area contributed by atoms with Crippen molar-refractivity contribution in [3.8, 4) is 10.4 Å². The van der Waals surface area contributed by atoms with Crippen LogP contribution >= 0.6 is 11.3 Å². The molecule has 0 bridgehead atoms. The van der Waals surface area contributed by atoms with Gasteiger partial charge in [0, 0.05) is 17.3 Å². The molecule has 0 atom stereocenters. The lowest BCUT2D eigenvalue weighted by molar-refractivity contribution is 1.33. The van der Waals surface area contributed by atoms with Crippen molar-refractivity contribution in [3.05, 3.63) is 36.2 Å². The molecule has 0 spiro atoms. The van der Waals surface area contributed by atoms with Gasteiger partial charge in [0.05, 0.1) is 5.00 Å². The van der Waals surface area contributed by atoms with Crippen molar-refractivity contribution in [1.29, 1.82) is 0 Å². The third-order valence-corrected chi connectivity index (χ3v) is 2.99. The number of nitrogen functional groups attached to an aromatic ring is 1. The quantitative estimate of drug-likeness (QED) is 0.751. The smallest absolute Gasteiger partial charge is 0.0865 e. The first-order valence-corrected chi connectivity index (χ1v) is 4.85. The SMILES string of the molecule is Cc1cc(N)sc1-c1ccncc1. The van der Waals surface area contributed by atoms with Crippen LogP contribution in [0.1, 0.15) is 5.56 Å². The van der Waals surface area contributed by atoms with E-state index < -0.39 is 0 Å². The van der Waals surface area contributed by atoms with Crippen LogP contribution in [0, 0.1) is 6.92 Å². The Morgan fingerprint density at radius 2 is 2.00 bits per heavy atom. The monoisotopic (exact) mass is 190 g/mol. The van der Waals surface area contributed by atoms with Crippen LogP contribution in [0.4, 0.5) is 5.00 Å². The highest BCUT2D eigenvalue weighted by Crippen LogP contribution is 2.33. The Balaban J connectivity index is 2.53. The van der Waals surface area contributed by atoms with Gasteiger partial charge in [0.2, 0.25) is 0 Å². The van der Waals surface area contributed by atoms with Gasteiger partial charge < -0.3 is 5.73 Å². The summed E-state index contributed by atoms with van der Waals surface area (Å²) in [7, 11) is 0. The van der Waals surface area contributed by atoms with Crippen molar-refractivity contribution in [2.45, 2.75) is 6.92 Å². The maximum absolute atomic E-state index is 5.72. The summed E-state index contributed by atoms with van der Waals surface area (Å²) in [6, 6.07) is 6.00. The summed E-state index contributed by atoms with van der Waals surface area (Å²) in [5, 5.41) is 0.865. The lowest BCUT2D eigenvalue weighted by Crippen LogP contribution is -1.75. The van der Waals surface area contributed by atoms with Gasteiger partial charge in [-0.15, -0.1) is 11.3 Å². The van der Waals surface area contributed by atoms with Gasteiger partial charge in [-0.2, -0.15) is 0 Å². The van der Waals surface area contributed by atoms with Crippen LogP contribution in [-0.2, 0) is 0 Å². The molecule has 0 aromatic carbocycles. The predicted octanol–water partition coefficient (Wildman–Crippen LogP) is 2.70. The summed E-state index contributed by atoms with van der Waals surface area (Å²) < 4.78 is 0. The standard InChI is InChI=1S/C10H10N2S/c1-7-6-9(11)13-10(7)8-2-4-12-5-3-8/h2-6H,11H2,1H3. The fourth-order valence-corrected chi connectivity index (χ4v) is 2.24. The van der Waals surface area contributed by atoms with Gasteiger partial charge in [-0.1, -0.05) is 0 Å². The predicted molar refractivity (Wildman–Crippen MR) is 56.7 cm³/mol. The molecular formula is C10H10N2S. The van der Waals surface area contributed by atoms with E-state index in [0.717, 1.165) is 5.00 Å². The molecule has 13 heavy (non-hydrogen) atoms. The van der Waals surface area contributed by atoms with Crippen LogP contribution in [0.15, 0.2) is 30.6 Å². The molecule has 0 saturated carbocycles. The van der Waals surface area contributed by atoms with E-state index in [9.17, 15) is 0 Å². The van der Waals surface area contributed by atoms with Crippen LogP contribution in [0.25, 0.3) is 10.4 Å². The number of hydrogen-bond donors (Lipinski definition) is 1. The highest BCUT2D eigenvalue weighted by Gasteiger charge is 2.04. The average Bonchev–Trinajstić information content (AvgIpc) is 2.47. The van der Waals surface area contributed by atoms with Gasteiger partial charge in [-0.3, -0.25) is 4.98 Å². The first-order chi connectivity index (χ1) is 6.27. The van der Waals surface area contributed by atoms with Crippen LogP contribution in [0.5, 0.6) is 0 Å². The largest absolute Gasteiger partial charge is 0.391 e. The molecule has 0 aliphatic carbocycles. The fraction of sp³-hybridized carbons (Fsp3) is 0.100. The maximum atomic E-state index is 5.72. The Morgan fingerprint density at radius 1 is 1.31 bits per heavy atom. The lowest BCUT2D eigenvalue weighted by atomic mass is 10.1. The summed E-state index contributed by atoms with van der Waals surface area (Å²) in [4.78, 5) is 5.22. The highest BCUT2D eigenvalue weighted by atomic mass is 32.1. The van der Waals surface area contributed by atoms with Gasteiger partial charge in [0.1, 0.15) is 0 Å². The second-order valence-electron chi connectivity index (χ2n) is 2.90. The number of hydrogen-bond acceptors (Lipinski definition) is 3. The molecule has 2 N–H and O–H groups in total. The van der Waals surface area contributed by atoms with Gasteiger partial charge in [-0.05, 0) is 36.2 Å². The molecule has 2 aromatic heterocycles. The molecule has 3 heteroatoms. The van der Waals surface area contributed by atoms with E-state index in [4.69, 9.17) is 5.73 Å². The van der Waals surface area contributed by atoms with Crippen molar-refractivity contribution in [2.75, 3.05) is 5.73 Å². The molecule has 2 rings (SSSR count). The van der Waals surface area contributed by atoms with Gasteiger partial charge in [0.15, 0.2) is 0 Å². The molecule has 66 valence electrons. The fourth-order valence-electron chi connectivity index (χ4n) is 1.30. The molecule has 2 nitrogen and oxygen atoms in total. The van der Waals surface area contributed by atoms with Crippen molar-refractivity contribution < 1.29 is 0 Å². The minimum atomic E-state index is 0.865. The number of nitrogens with two attached hydrogens (primary N) is 1. The van der Waals surface area contributed by atoms with Crippen LogP contribution in [0.2, 0.25) is 0 Å². The number of aromatic nitrogens is 1. The number of anilines is 1. The lowest BCUT2D eigenvalue weighted by Gasteiger charge is -1.96. The second-order valence-corrected chi connectivity index (χ2v) is 3.98. The highest BCUT2D eigenvalue weighted by molar-refractivity contribution is 7.19. The van der Waals surface area contributed by atoms with Gasteiger partial charge in [0.25, 0.3) is 0 Å². The summed E-state index contributed by atoms with van der Waals surface area (Å²) in [6.45, 7) is 2.07. The maximum Gasteiger partial charge on any atom is 0.0865 e. The summed E-state index contributed by atoms with van der Waals surface area (Å²) in [5.41, 5.74) is 8.14. The minimum absolute atomic E-state index is 0.865. The Labute approximate surface area is 81.1 Å². The van der Waals surface area contributed by atoms with E-state index in [0.29, 0.717) is 0 Å². The number of rotatable bonds is 1. The number of nitrogens with zero attached hydrogens (tertiary/aromatic N) is 1. The molecule has 0 aliphatic rings. The van der Waals surface area contributed by atoms with Crippen molar-refractivity contribution >= 4 is 16.3 Å². The average molecular weight is 190 g/mol. The number of aryl methyl sites for hydroxylation is 1. The molecule has 0 saturated heterocycles. The topological polar surface area (TPSA) is 38.9 Å². The Hall–Kier alpha value is -1.35. The Bertz CT molecular complexity index is 406. The summed E-state index contributed by atoms with van der Waals surface area (Å²) in [5.74, 6) is 0.